The molecule has 110 valence electrons. The van der Waals surface area contributed by atoms with Crippen molar-refractivity contribution in [2.24, 2.45) is 0 Å². The highest BCUT2D eigenvalue weighted by Gasteiger charge is 2.13. The summed E-state index contributed by atoms with van der Waals surface area (Å²) in [6.45, 7) is 0. The molecule has 0 aliphatic carbocycles. The van der Waals surface area contributed by atoms with Gasteiger partial charge >= 0.3 is 6.03 Å². The maximum Gasteiger partial charge on any atom is 0.325 e. The number of carbonyl (C=O) groups is 1. The van der Waals surface area contributed by atoms with E-state index in [1.165, 1.54) is 14.2 Å². The van der Waals surface area contributed by atoms with Gasteiger partial charge < -0.3 is 14.8 Å². The Kier molecular flexibility index (Phi) is 4.99. The number of rotatable bonds is 4. The second-order valence-electron chi connectivity index (χ2n) is 3.98. The van der Waals surface area contributed by atoms with E-state index in [2.05, 4.69) is 31.5 Å². The summed E-state index contributed by atoms with van der Waals surface area (Å²) in [5.41, 5.74) is 0.454. The number of methoxy groups -OCH3 is 2. The number of benzene rings is 1. The molecule has 0 aliphatic rings. The van der Waals surface area contributed by atoms with Crippen LogP contribution in [0.25, 0.3) is 0 Å². The maximum atomic E-state index is 12.0. The van der Waals surface area contributed by atoms with Crippen LogP contribution in [0, 0.1) is 0 Å². The van der Waals surface area contributed by atoms with Gasteiger partial charge in [0.1, 0.15) is 23.0 Å². The van der Waals surface area contributed by atoms with E-state index in [1.54, 1.807) is 36.5 Å². The second-order valence-corrected chi connectivity index (χ2v) is 4.89. The molecule has 2 N–H and O–H groups in total. The minimum Gasteiger partial charge on any atom is -0.494 e. The first-order valence-electron chi connectivity index (χ1n) is 6.04. The van der Waals surface area contributed by atoms with Crippen molar-refractivity contribution in [1.82, 2.24) is 4.98 Å². The van der Waals surface area contributed by atoms with Gasteiger partial charge in [0.15, 0.2) is 0 Å². The van der Waals surface area contributed by atoms with Crippen LogP contribution < -0.4 is 20.1 Å². The van der Waals surface area contributed by atoms with Gasteiger partial charge in [-0.05, 0) is 24.3 Å². The van der Waals surface area contributed by atoms with E-state index in [9.17, 15) is 4.79 Å². The molecular formula is C14H14BrN3O3. The Morgan fingerprint density at radius 2 is 1.81 bits per heavy atom. The van der Waals surface area contributed by atoms with E-state index >= 15 is 0 Å². The van der Waals surface area contributed by atoms with Gasteiger partial charge in [-0.25, -0.2) is 9.78 Å². The van der Waals surface area contributed by atoms with Gasteiger partial charge in [-0.2, -0.15) is 0 Å². The highest BCUT2D eigenvalue weighted by molar-refractivity contribution is 9.10. The number of para-hydroxylation sites is 1. The van der Waals surface area contributed by atoms with Crippen molar-refractivity contribution in [3.05, 3.63) is 41.0 Å². The van der Waals surface area contributed by atoms with E-state index in [0.717, 1.165) is 4.47 Å². The van der Waals surface area contributed by atoms with Crippen molar-refractivity contribution in [3.63, 3.8) is 0 Å². The van der Waals surface area contributed by atoms with Gasteiger partial charge in [-0.3, -0.25) is 5.32 Å². The molecule has 1 aromatic carbocycles. The molecule has 6 nitrogen and oxygen atoms in total. The van der Waals surface area contributed by atoms with Crippen LogP contribution in [-0.2, 0) is 0 Å². The summed E-state index contributed by atoms with van der Waals surface area (Å²) in [4.78, 5) is 16.1. The standard InChI is InChI=1S/C14H14BrN3O3/c1-20-10-4-3-5-11(21-2)13(10)18-14(19)17-12-8-9(15)6-7-16-12/h3-8H,1-2H3,(H2,16,17,18,19). The molecule has 0 bridgehead atoms. The average Bonchev–Trinajstić information content (AvgIpc) is 2.47. The largest absolute Gasteiger partial charge is 0.494 e. The first-order chi connectivity index (χ1) is 10.1. The van der Waals surface area contributed by atoms with Crippen molar-refractivity contribution >= 4 is 33.5 Å². The van der Waals surface area contributed by atoms with Crippen molar-refractivity contribution in [1.29, 1.82) is 0 Å². The molecule has 0 radical (unpaired) electrons. The van der Waals surface area contributed by atoms with Gasteiger partial charge in [0.2, 0.25) is 0 Å². The maximum absolute atomic E-state index is 12.0. The SMILES string of the molecule is COc1cccc(OC)c1NC(=O)Nc1cc(Br)ccn1. The lowest BCUT2D eigenvalue weighted by atomic mass is 10.2. The average molecular weight is 352 g/mol. The summed E-state index contributed by atoms with van der Waals surface area (Å²) >= 11 is 3.31. The molecule has 1 aromatic heterocycles. The molecule has 2 amide bonds. The second kappa shape index (κ2) is 6.94. The zero-order chi connectivity index (χ0) is 15.2. The van der Waals surface area contributed by atoms with Crippen LogP contribution in [0.4, 0.5) is 16.3 Å². The van der Waals surface area contributed by atoms with Crippen LogP contribution in [0.1, 0.15) is 0 Å². The lowest BCUT2D eigenvalue weighted by Crippen LogP contribution is -2.20. The van der Waals surface area contributed by atoms with E-state index in [4.69, 9.17) is 9.47 Å². The number of amides is 2. The van der Waals surface area contributed by atoms with Gasteiger partial charge in [-0.15, -0.1) is 0 Å². The smallest absolute Gasteiger partial charge is 0.325 e. The summed E-state index contributed by atoms with van der Waals surface area (Å²) < 4.78 is 11.2. The predicted molar refractivity (Wildman–Crippen MR) is 84.1 cm³/mol. The van der Waals surface area contributed by atoms with Crippen molar-refractivity contribution < 1.29 is 14.3 Å². The molecule has 2 rings (SSSR count). The first-order valence-corrected chi connectivity index (χ1v) is 6.84. The molecule has 0 saturated carbocycles. The van der Waals surface area contributed by atoms with Gasteiger partial charge in [0.05, 0.1) is 14.2 Å². The van der Waals surface area contributed by atoms with Crippen LogP contribution in [0.2, 0.25) is 0 Å². The quantitative estimate of drug-likeness (QED) is 0.883. The number of ether oxygens (including phenoxy) is 2. The molecule has 0 atom stereocenters. The lowest BCUT2D eigenvalue weighted by molar-refractivity contribution is 0.261. The lowest BCUT2D eigenvalue weighted by Gasteiger charge is -2.14. The summed E-state index contributed by atoms with van der Waals surface area (Å²) in [5, 5.41) is 5.33. The Morgan fingerprint density at radius 1 is 1.14 bits per heavy atom. The molecule has 7 heteroatoms. The van der Waals surface area contributed by atoms with Crippen LogP contribution in [-0.4, -0.2) is 25.2 Å². The Hall–Kier alpha value is -2.28. The fourth-order valence-electron chi connectivity index (χ4n) is 1.71. The summed E-state index contributed by atoms with van der Waals surface area (Å²) in [6.07, 6.45) is 1.59. The number of hydrogen-bond donors (Lipinski definition) is 2. The fraction of sp³-hybridized carbons (Fsp3) is 0.143. The zero-order valence-electron chi connectivity index (χ0n) is 11.5. The summed E-state index contributed by atoms with van der Waals surface area (Å²) in [6, 6.07) is 8.26. The molecule has 0 unspecified atom stereocenters. The van der Waals surface area contributed by atoms with Crippen LogP contribution in [0.3, 0.4) is 0 Å². The van der Waals surface area contributed by atoms with Crippen LogP contribution >= 0.6 is 15.9 Å². The third kappa shape index (κ3) is 3.85. The third-order valence-electron chi connectivity index (χ3n) is 2.63. The Labute approximate surface area is 130 Å². The number of aromatic nitrogens is 1. The number of pyridine rings is 1. The first kappa shape index (κ1) is 15.1. The number of halogens is 1. The van der Waals surface area contributed by atoms with Crippen molar-refractivity contribution in [3.8, 4) is 11.5 Å². The minimum absolute atomic E-state index is 0.427. The highest BCUT2D eigenvalue weighted by Crippen LogP contribution is 2.34. The molecule has 0 saturated heterocycles. The van der Waals surface area contributed by atoms with Gasteiger partial charge in [0.25, 0.3) is 0 Å². The minimum atomic E-state index is -0.441. The van der Waals surface area contributed by atoms with E-state index < -0.39 is 6.03 Å². The summed E-state index contributed by atoms with van der Waals surface area (Å²) in [5.74, 6) is 1.44. The molecule has 1 heterocycles. The molecule has 2 aromatic rings. The van der Waals surface area contributed by atoms with Crippen LogP contribution in [0.5, 0.6) is 11.5 Å². The van der Waals surface area contributed by atoms with Crippen molar-refractivity contribution in [2.75, 3.05) is 24.9 Å². The molecule has 0 fully saturated rings. The topological polar surface area (TPSA) is 72.5 Å². The predicted octanol–water partition coefficient (Wildman–Crippen LogP) is 3.51. The van der Waals surface area contributed by atoms with Crippen molar-refractivity contribution in [2.45, 2.75) is 0 Å². The zero-order valence-corrected chi connectivity index (χ0v) is 13.1. The summed E-state index contributed by atoms with van der Waals surface area (Å²) in [7, 11) is 3.04. The third-order valence-corrected chi connectivity index (χ3v) is 3.12. The molecule has 0 aliphatic heterocycles. The Balaban J connectivity index is 2.16. The van der Waals surface area contributed by atoms with E-state index in [1.807, 2.05) is 0 Å². The van der Waals surface area contributed by atoms with E-state index in [-0.39, 0.29) is 0 Å². The number of carbonyl (C=O) groups excluding carboxylic acids is 1. The Bertz CT molecular complexity index is 627. The highest BCUT2D eigenvalue weighted by atomic mass is 79.9. The number of anilines is 2. The number of nitrogens with zero attached hydrogens (tertiary/aromatic N) is 1. The van der Waals surface area contributed by atoms with E-state index in [0.29, 0.717) is 23.0 Å². The number of urea groups is 1. The molecular weight excluding hydrogens is 338 g/mol. The Morgan fingerprint density at radius 3 is 2.38 bits per heavy atom. The molecule has 21 heavy (non-hydrogen) atoms. The number of nitrogens with one attached hydrogen (secondary N) is 2. The normalized spacial score (nSPS) is 9.86. The fourth-order valence-corrected chi connectivity index (χ4v) is 2.04. The number of hydrogen-bond acceptors (Lipinski definition) is 4. The molecule has 0 spiro atoms. The van der Waals surface area contributed by atoms with Gasteiger partial charge in [0, 0.05) is 10.7 Å². The van der Waals surface area contributed by atoms with Crippen LogP contribution in [0.15, 0.2) is 41.0 Å². The monoisotopic (exact) mass is 351 g/mol. The van der Waals surface area contributed by atoms with Gasteiger partial charge in [-0.1, -0.05) is 22.0 Å².